The lowest BCUT2D eigenvalue weighted by molar-refractivity contribution is -0.137. The van der Waals surface area contributed by atoms with Gasteiger partial charge in [-0.2, -0.15) is 0 Å². The third-order valence-electron chi connectivity index (χ3n) is 5.38. The minimum Gasteiger partial charge on any atom is -0.496 e. The first-order valence-corrected chi connectivity index (χ1v) is 9.55. The van der Waals surface area contributed by atoms with Crippen LogP contribution in [0.25, 0.3) is 10.9 Å². The van der Waals surface area contributed by atoms with Crippen LogP contribution in [0.2, 0.25) is 0 Å². The van der Waals surface area contributed by atoms with Crippen LogP contribution in [-0.4, -0.2) is 30.0 Å². The van der Waals surface area contributed by atoms with Crippen molar-refractivity contribution in [3.05, 3.63) is 65.9 Å². The molecule has 0 saturated carbocycles. The van der Waals surface area contributed by atoms with Crippen molar-refractivity contribution in [1.82, 2.24) is 9.88 Å². The van der Waals surface area contributed by atoms with Crippen molar-refractivity contribution in [2.75, 3.05) is 14.2 Å². The SMILES string of the molecule is COc1cccc(OC)c1[C@@H]1CCCC(=O)N1Cc1ccc2ncccc2c1. The number of hydrogen-bond acceptors (Lipinski definition) is 4. The molecule has 1 atom stereocenters. The normalized spacial score (nSPS) is 17.0. The van der Waals surface area contributed by atoms with Gasteiger partial charge in [0.25, 0.3) is 0 Å². The molecule has 1 fully saturated rings. The van der Waals surface area contributed by atoms with E-state index in [1.165, 1.54) is 0 Å². The van der Waals surface area contributed by atoms with Gasteiger partial charge in [0.2, 0.25) is 5.91 Å². The van der Waals surface area contributed by atoms with E-state index in [-0.39, 0.29) is 11.9 Å². The topological polar surface area (TPSA) is 51.7 Å². The van der Waals surface area contributed by atoms with Gasteiger partial charge in [-0.05, 0) is 48.7 Å². The summed E-state index contributed by atoms with van der Waals surface area (Å²) in [6, 6.07) is 15.8. The Morgan fingerprint density at radius 2 is 1.86 bits per heavy atom. The molecule has 1 aliphatic heterocycles. The quantitative estimate of drug-likeness (QED) is 0.658. The molecule has 1 aromatic heterocycles. The molecule has 0 unspecified atom stereocenters. The number of hydrogen-bond donors (Lipinski definition) is 0. The van der Waals surface area contributed by atoms with E-state index in [0.29, 0.717) is 13.0 Å². The maximum Gasteiger partial charge on any atom is 0.223 e. The Morgan fingerprint density at radius 3 is 2.61 bits per heavy atom. The fourth-order valence-corrected chi connectivity index (χ4v) is 4.05. The zero-order valence-corrected chi connectivity index (χ0v) is 16.2. The number of fused-ring (bicyclic) bond motifs is 1. The molecule has 5 heteroatoms. The van der Waals surface area contributed by atoms with Crippen LogP contribution >= 0.6 is 0 Å². The molecular weight excluding hydrogens is 352 g/mol. The number of likely N-dealkylation sites (tertiary alicyclic amines) is 1. The second-order valence-electron chi connectivity index (χ2n) is 7.04. The van der Waals surface area contributed by atoms with Gasteiger partial charge in [-0.15, -0.1) is 0 Å². The highest BCUT2D eigenvalue weighted by molar-refractivity contribution is 5.80. The maximum absolute atomic E-state index is 12.9. The summed E-state index contributed by atoms with van der Waals surface area (Å²) < 4.78 is 11.2. The number of nitrogens with zero attached hydrogens (tertiary/aromatic N) is 2. The molecule has 1 aliphatic rings. The Morgan fingerprint density at radius 1 is 1.07 bits per heavy atom. The molecule has 5 nitrogen and oxygen atoms in total. The number of benzene rings is 2. The van der Waals surface area contributed by atoms with E-state index in [2.05, 4.69) is 11.1 Å². The monoisotopic (exact) mass is 376 g/mol. The van der Waals surface area contributed by atoms with Crippen molar-refractivity contribution in [1.29, 1.82) is 0 Å². The first kappa shape index (κ1) is 18.3. The average Bonchev–Trinajstić information content (AvgIpc) is 2.74. The zero-order valence-electron chi connectivity index (χ0n) is 16.2. The number of rotatable bonds is 5. The van der Waals surface area contributed by atoms with E-state index in [1.807, 2.05) is 47.4 Å². The van der Waals surface area contributed by atoms with Crippen LogP contribution in [0.5, 0.6) is 11.5 Å². The zero-order chi connectivity index (χ0) is 19.5. The fourth-order valence-electron chi connectivity index (χ4n) is 4.05. The van der Waals surface area contributed by atoms with Crippen LogP contribution < -0.4 is 9.47 Å². The Balaban J connectivity index is 1.72. The lowest BCUT2D eigenvalue weighted by Gasteiger charge is -2.37. The van der Waals surface area contributed by atoms with E-state index in [1.54, 1.807) is 20.4 Å². The summed E-state index contributed by atoms with van der Waals surface area (Å²) in [5.41, 5.74) is 3.00. The van der Waals surface area contributed by atoms with Gasteiger partial charge in [-0.25, -0.2) is 0 Å². The summed E-state index contributed by atoms with van der Waals surface area (Å²) >= 11 is 0. The number of ether oxygens (including phenoxy) is 2. The highest BCUT2D eigenvalue weighted by Gasteiger charge is 2.33. The van der Waals surface area contributed by atoms with Gasteiger partial charge in [-0.3, -0.25) is 9.78 Å². The van der Waals surface area contributed by atoms with Crippen LogP contribution in [0.1, 0.15) is 36.4 Å². The highest BCUT2D eigenvalue weighted by Crippen LogP contribution is 2.42. The highest BCUT2D eigenvalue weighted by atomic mass is 16.5. The molecule has 0 N–H and O–H groups in total. The maximum atomic E-state index is 12.9. The van der Waals surface area contributed by atoms with Gasteiger partial charge in [0.1, 0.15) is 11.5 Å². The largest absolute Gasteiger partial charge is 0.496 e. The molecule has 1 amide bonds. The van der Waals surface area contributed by atoms with Crippen LogP contribution in [0, 0.1) is 0 Å². The predicted octanol–water partition coefficient (Wildman–Crippen LogP) is 4.51. The van der Waals surface area contributed by atoms with Crippen molar-refractivity contribution in [2.45, 2.75) is 31.8 Å². The third-order valence-corrected chi connectivity index (χ3v) is 5.38. The van der Waals surface area contributed by atoms with Gasteiger partial charge in [-0.1, -0.05) is 18.2 Å². The average molecular weight is 376 g/mol. The van der Waals surface area contributed by atoms with E-state index < -0.39 is 0 Å². The molecule has 28 heavy (non-hydrogen) atoms. The second-order valence-corrected chi connectivity index (χ2v) is 7.04. The lowest BCUT2D eigenvalue weighted by atomic mass is 9.92. The van der Waals surface area contributed by atoms with E-state index >= 15 is 0 Å². The van der Waals surface area contributed by atoms with Crippen LogP contribution in [0.3, 0.4) is 0 Å². The smallest absolute Gasteiger partial charge is 0.223 e. The number of carbonyl (C=O) groups excluding carboxylic acids is 1. The van der Waals surface area contributed by atoms with Crippen molar-refractivity contribution in [3.63, 3.8) is 0 Å². The molecule has 2 heterocycles. The Hall–Kier alpha value is -3.08. The molecule has 3 aromatic rings. The summed E-state index contributed by atoms with van der Waals surface area (Å²) in [4.78, 5) is 19.2. The molecule has 1 saturated heterocycles. The Labute approximate surface area is 164 Å². The van der Waals surface area contributed by atoms with Crippen LogP contribution in [0.4, 0.5) is 0 Å². The summed E-state index contributed by atoms with van der Waals surface area (Å²) in [5.74, 6) is 1.68. The number of piperidine rings is 1. The van der Waals surface area contributed by atoms with Crippen LogP contribution in [0.15, 0.2) is 54.7 Å². The summed E-state index contributed by atoms with van der Waals surface area (Å²) in [6.45, 7) is 0.551. The lowest BCUT2D eigenvalue weighted by Crippen LogP contribution is -2.38. The van der Waals surface area contributed by atoms with E-state index in [9.17, 15) is 4.79 Å². The van der Waals surface area contributed by atoms with E-state index in [0.717, 1.165) is 46.4 Å². The van der Waals surface area contributed by atoms with Crippen molar-refractivity contribution < 1.29 is 14.3 Å². The van der Waals surface area contributed by atoms with Gasteiger partial charge >= 0.3 is 0 Å². The fraction of sp³-hybridized carbons (Fsp3) is 0.304. The number of pyridine rings is 1. The number of amides is 1. The van der Waals surface area contributed by atoms with Crippen molar-refractivity contribution >= 4 is 16.8 Å². The molecule has 0 aliphatic carbocycles. The first-order valence-electron chi connectivity index (χ1n) is 9.55. The Kier molecular flexibility index (Phi) is 5.15. The minimum atomic E-state index is -0.0723. The van der Waals surface area contributed by atoms with Crippen molar-refractivity contribution in [3.8, 4) is 11.5 Å². The molecular formula is C23H24N2O3. The van der Waals surface area contributed by atoms with Gasteiger partial charge < -0.3 is 14.4 Å². The molecule has 144 valence electrons. The van der Waals surface area contributed by atoms with Gasteiger partial charge in [0.05, 0.1) is 31.3 Å². The van der Waals surface area contributed by atoms with E-state index in [4.69, 9.17) is 9.47 Å². The molecule has 0 bridgehead atoms. The van der Waals surface area contributed by atoms with Gasteiger partial charge in [0.15, 0.2) is 0 Å². The van der Waals surface area contributed by atoms with Gasteiger partial charge in [0, 0.05) is 24.5 Å². The first-order chi connectivity index (χ1) is 13.7. The molecule has 2 aromatic carbocycles. The second kappa shape index (κ2) is 7.89. The third kappa shape index (κ3) is 3.40. The minimum absolute atomic E-state index is 0.0723. The molecule has 4 rings (SSSR count). The number of carbonyl (C=O) groups is 1. The van der Waals surface area contributed by atoms with Crippen molar-refractivity contribution in [2.24, 2.45) is 0 Å². The number of methoxy groups -OCH3 is 2. The Bertz CT molecular complexity index is 980. The molecule has 0 spiro atoms. The standard InChI is InChI=1S/C23H24N2O3/c1-27-20-8-4-9-21(28-2)23(20)19-7-3-10-22(26)25(19)15-16-11-12-18-17(14-16)6-5-13-24-18/h4-6,8-9,11-14,19H,3,7,10,15H2,1-2H3/t19-/m0/s1. The summed E-state index contributed by atoms with van der Waals surface area (Å²) in [5, 5.41) is 1.08. The molecule has 0 radical (unpaired) electrons. The summed E-state index contributed by atoms with van der Waals surface area (Å²) in [6.07, 6.45) is 4.11. The van der Waals surface area contributed by atoms with Crippen LogP contribution in [-0.2, 0) is 11.3 Å². The predicted molar refractivity (Wildman–Crippen MR) is 108 cm³/mol. The summed E-state index contributed by atoms with van der Waals surface area (Å²) in [7, 11) is 3.31. The number of aromatic nitrogens is 1.